The van der Waals surface area contributed by atoms with Gasteiger partial charge in [-0.3, -0.25) is 0 Å². The maximum absolute atomic E-state index is 5.64. The summed E-state index contributed by atoms with van der Waals surface area (Å²) < 4.78 is 5.98. The summed E-state index contributed by atoms with van der Waals surface area (Å²) in [5, 5.41) is 0. The number of aryl methyl sites for hydroxylation is 1. The van der Waals surface area contributed by atoms with Crippen LogP contribution in [0.5, 0.6) is 5.88 Å². The number of halogens is 1. The third kappa shape index (κ3) is 3.92. The Kier molecular flexibility index (Phi) is 5.52. The Morgan fingerprint density at radius 2 is 2.00 bits per heavy atom. The Morgan fingerprint density at radius 3 is 2.62 bits per heavy atom. The van der Waals surface area contributed by atoms with Gasteiger partial charge in [-0.2, -0.15) is 4.98 Å². The van der Waals surface area contributed by atoms with Crippen LogP contribution in [0.3, 0.4) is 0 Å². The molecular weight excluding hydrogens is 332 g/mol. The maximum atomic E-state index is 5.64. The number of rotatable bonds is 6. The van der Waals surface area contributed by atoms with Crippen LogP contribution in [0, 0.1) is 6.92 Å². The molecule has 0 unspecified atom stereocenters. The summed E-state index contributed by atoms with van der Waals surface area (Å²) >= 11 is 3.37. The average molecular weight is 351 g/mol. The summed E-state index contributed by atoms with van der Waals surface area (Å²) in [4.78, 5) is 10.9. The van der Waals surface area contributed by atoms with Gasteiger partial charge in [0.25, 0.3) is 0 Å². The van der Waals surface area contributed by atoms with Crippen LogP contribution in [0.4, 0.5) is 11.6 Å². The molecule has 1 aromatic heterocycles. The first-order valence-electron chi connectivity index (χ1n) is 6.76. The highest BCUT2D eigenvalue weighted by Gasteiger charge is 2.14. The van der Waals surface area contributed by atoms with Crippen LogP contribution < -0.4 is 15.4 Å². The lowest BCUT2D eigenvalue weighted by atomic mass is 10.2. The number of ether oxygens (including phenoxy) is 1. The van der Waals surface area contributed by atoms with Crippen molar-refractivity contribution in [3.63, 3.8) is 0 Å². The Hall–Kier alpha value is -1.66. The van der Waals surface area contributed by atoms with Crippen molar-refractivity contribution in [3.05, 3.63) is 40.5 Å². The summed E-state index contributed by atoms with van der Waals surface area (Å²) in [5.41, 5.74) is 7.89. The minimum absolute atomic E-state index is 0.518. The number of nitrogens with two attached hydrogens (primary N) is 1. The standard InChI is InChI=1S/C15H19BrN4O/c1-11-4-6-12(7-5-11)20(9-3-8-17)15-18-10-13(16)14(19-15)21-2/h4-7,10H,3,8-9,17H2,1-2H3. The molecule has 0 radical (unpaired) electrons. The Labute approximate surface area is 133 Å². The maximum Gasteiger partial charge on any atom is 0.233 e. The topological polar surface area (TPSA) is 64.3 Å². The minimum atomic E-state index is 0.518. The predicted molar refractivity (Wildman–Crippen MR) is 88.1 cm³/mol. The van der Waals surface area contributed by atoms with E-state index in [9.17, 15) is 0 Å². The number of nitrogens with zero attached hydrogens (tertiary/aromatic N) is 3. The van der Waals surface area contributed by atoms with Crippen LogP contribution in [0.15, 0.2) is 34.9 Å². The van der Waals surface area contributed by atoms with Gasteiger partial charge in [-0.15, -0.1) is 0 Å². The summed E-state index contributed by atoms with van der Waals surface area (Å²) in [6.07, 6.45) is 2.56. The van der Waals surface area contributed by atoms with Gasteiger partial charge >= 0.3 is 0 Å². The fraction of sp³-hybridized carbons (Fsp3) is 0.333. The molecule has 2 rings (SSSR count). The zero-order chi connectivity index (χ0) is 15.2. The van der Waals surface area contributed by atoms with Crippen LogP contribution in [0.25, 0.3) is 0 Å². The number of hydrogen-bond donors (Lipinski definition) is 1. The van der Waals surface area contributed by atoms with Gasteiger partial charge in [-0.25, -0.2) is 4.98 Å². The molecule has 0 atom stereocenters. The molecule has 2 aromatic rings. The van der Waals surface area contributed by atoms with Gasteiger partial charge in [0.05, 0.1) is 17.8 Å². The zero-order valence-electron chi connectivity index (χ0n) is 12.2. The lowest BCUT2D eigenvalue weighted by Crippen LogP contribution is -2.23. The second-order valence-electron chi connectivity index (χ2n) is 4.66. The summed E-state index contributed by atoms with van der Waals surface area (Å²) in [6.45, 7) is 3.44. The van der Waals surface area contributed by atoms with Gasteiger partial charge in [-0.1, -0.05) is 17.7 Å². The molecule has 0 spiro atoms. The summed E-state index contributed by atoms with van der Waals surface area (Å²) in [5.74, 6) is 1.12. The molecule has 0 aliphatic carbocycles. The highest BCUT2D eigenvalue weighted by molar-refractivity contribution is 9.10. The van der Waals surface area contributed by atoms with Crippen molar-refractivity contribution in [2.24, 2.45) is 5.73 Å². The van der Waals surface area contributed by atoms with Gasteiger partial charge < -0.3 is 15.4 Å². The average Bonchev–Trinajstić information content (AvgIpc) is 2.50. The second kappa shape index (κ2) is 7.38. The van der Waals surface area contributed by atoms with Crippen LogP contribution >= 0.6 is 15.9 Å². The third-order valence-corrected chi connectivity index (χ3v) is 3.61. The zero-order valence-corrected chi connectivity index (χ0v) is 13.8. The van der Waals surface area contributed by atoms with Gasteiger partial charge in [0.1, 0.15) is 0 Å². The molecule has 1 heterocycles. The van der Waals surface area contributed by atoms with Crippen molar-refractivity contribution in [3.8, 4) is 5.88 Å². The van der Waals surface area contributed by atoms with Gasteiger partial charge in [0.2, 0.25) is 11.8 Å². The first-order valence-corrected chi connectivity index (χ1v) is 7.56. The van der Waals surface area contributed by atoms with E-state index in [1.165, 1.54) is 5.56 Å². The van der Waals surface area contributed by atoms with Crippen LogP contribution in [0.2, 0.25) is 0 Å². The van der Waals surface area contributed by atoms with Crippen LogP contribution in [-0.2, 0) is 0 Å². The monoisotopic (exact) mass is 350 g/mol. The molecule has 0 aliphatic rings. The lowest BCUT2D eigenvalue weighted by Gasteiger charge is -2.23. The van der Waals surface area contributed by atoms with E-state index in [1.807, 2.05) is 4.90 Å². The molecule has 0 aliphatic heterocycles. The number of aromatic nitrogens is 2. The van der Waals surface area contributed by atoms with Crippen molar-refractivity contribution >= 4 is 27.6 Å². The smallest absolute Gasteiger partial charge is 0.233 e. The first-order chi connectivity index (χ1) is 10.2. The van der Waals surface area contributed by atoms with Gasteiger partial charge in [0, 0.05) is 12.2 Å². The molecule has 2 N–H and O–H groups in total. The third-order valence-electron chi connectivity index (χ3n) is 3.07. The fourth-order valence-corrected chi connectivity index (χ4v) is 2.29. The molecule has 21 heavy (non-hydrogen) atoms. The van der Waals surface area contributed by atoms with Crippen molar-refractivity contribution in [2.75, 3.05) is 25.1 Å². The Balaban J connectivity index is 2.37. The SMILES string of the molecule is COc1nc(N(CCCN)c2ccc(C)cc2)ncc1Br. The molecule has 0 fully saturated rings. The quantitative estimate of drug-likeness (QED) is 0.867. The van der Waals surface area contributed by atoms with Crippen LogP contribution in [-0.4, -0.2) is 30.2 Å². The van der Waals surface area contributed by atoms with E-state index < -0.39 is 0 Å². The Bertz CT molecular complexity index is 589. The number of anilines is 2. The van der Waals surface area contributed by atoms with E-state index in [-0.39, 0.29) is 0 Å². The minimum Gasteiger partial charge on any atom is -0.480 e. The summed E-state index contributed by atoms with van der Waals surface area (Å²) in [6, 6.07) is 8.26. The van der Waals surface area contributed by atoms with E-state index in [4.69, 9.17) is 10.5 Å². The van der Waals surface area contributed by atoms with E-state index in [0.717, 1.165) is 23.1 Å². The molecule has 5 nitrogen and oxygen atoms in total. The molecule has 112 valence electrons. The van der Waals surface area contributed by atoms with Crippen molar-refractivity contribution in [1.29, 1.82) is 0 Å². The highest BCUT2D eigenvalue weighted by Crippen LogP contribution is 2.27. The molecular formula is C15H19BrN4O. The molecule has 6 heteroatoms. The van der Waals surface area contributed by atoms with E-state index in [1.54, 1.807) is 13.3 Å². The van der Waals surface area contributed by atoms with Crippen molar-refractivity contribution in [2.45, 2.75) is 13.3 Å². The lowest BCUT2D eigenvalue weighted by molar-refractivity contribution is 0.394. The predicted octanol–water partition coefficient (Wildman–Crippen LogP) is 3.04. The molecule has 0 bridgehead atoms. The van der Waals surface area contributed by atoms with E-state index >= 15 is 0 Å². The number of methoxy groups -OCH3 is 1. The van der Waals surface area contributed by atoms with Crippen LogP contribution in [0.1, 0.15) is 12.0 Å². The number of hydrogen-bond acceptors (Lipinski definition) is 5. The second-order valence-corrected chi connectivity index (χ2v) is 5.51. The van der Waals surface area contributed by atoms with E-state index in [2.05, 4.69) is 57.1 Å². The number of benzene rings is 1. The van der Waals surface area contributed by atoms with Gasteiger partial charge in [0.15, 0.2) is 0 Å². The Morgan fingerprint density at radius 1 is 1.29 bits per heavy atom. The van der Waals surface area contributed by atoms with Crippen molar-refractivity contribution in [1.82, 2.24) is 9.97 Å². The highest BCUT2D eigenvalue weighted by atomic mass is 79.9. The molecule has 0 amide bonds. The normalized spacial score (nSPS) is 10.5. The molecule has 0 saturated heterocycles. The first kappa shape index (κ1) is 15.7. The molecule has 1 aromatic carbocycles. The van der Waals surface area contributed by atoms with Gasteiger partial charge in [-0.05, 0) is 48.0 Å². The summed E-state index contributed by atoms with van der Waals surface area (Å²) in [7, 11) is 1.59. The van der Waals surface area contributed by atoms with Crippen molar-refractivity contribution < 1.29 is 4.74 Å². The fourth-order valence-electron chi connectivity index (χ4n) is 1.93. The molecule has 0 saturated carbocycles. The van der Waals surface area contributed by atoms with E-state index in [0.29, 0.717) is 18.4 Å². The largest absolute Gasteiger partial charge is 0.480 e.